The second-order valence-electron chi connectivity index (χ2n) is 6.24. The average molecular weight is 360 g/mol. The molecule has 2 heterocycles. The van der Waals surface area contributed by atoms with Crippen LogP contribution in [-0.4, -0.2) is 46.6 Å². The Kier molecular flexibility index (Phi) is 6.09. The van der Waals surface area contributed by atoms with Crippen LogP contribution in [0.5, 0.6) is 0 Å². The van der Waals surface area contributed by atoms with Crippen LogP contribution in [0.2, 0.25) is 0 Å². The number of hydrogen-bond donors (Lipinski definition) is 2. The molecular formula is C18H24N4O2S. The number of nitrogens with one attached hydrogen (secondary N) is 2. The molecule has 1 saturated heterocycles. The normalized spacial score (nSPS) is 16.5. The summed E-state index contributed by atoms with van der Waals surface area (Å²) in [6.07, 6.45) is 2.65. The highest BCUT2D eigenvalue weighted by atomic mass is 32.2. The number of H-pyrrole nitrogens is 1. The molecule has 0 spiro atoms. The molecule has 0 unspecified atom stereocenters. The monoisotopic (exact) mass is 360 g/mol. The van der Waals surface area contributed by atoms with E-state index in [1.807, 2.05) is 13.0 Å². The highest BCUT2D eigenvalue weighted by Gasteiger charge is 2.34. The summed E-state index contributed by atoms with van der Waals surface area (Å²) in [5, 5.41) is 10.7. The molecule has 1 aromatic carbocycles. The third kappa shape index (κ3) is 4.61. The maximum Gasteiger partial charge on any atom is 0.230 e. The van der Waals surface area contributed by atoms with Gasteiger partial charge in [0.15, 0.2) is 0 Å². The Morgan fingerprint density at radius 1 is 1.32 bits per heavy atom. The van der Waals surface area contributed by atoms with Gasteiger partial charge in [-0.1, -0.05) is 49.0 Å². The third-order valence-electron chi connectivity index (χ3n) is 4.64. The third-order valence-corrected chi connectivity index (χ3v) is 5.49. The van der Waals surface area contributed by atoms with Gasteiger partial charge in [0.1, 0.15) is 5.82 Å². The molecule has 1 aliphatic heterocycles. The van der Waals surface area contributed by atoms with Crippen LogP contribution in [0.15, 0.2) is 35.5 Å². The fraction of sp³-hybridized carbons (Fsp3) is 0.500. The topological polar surface area (TPSA) is 79.9 Å². The quantitative estimate of drug-likeness (QED) is 0.741. The van der Waals surface area contributed by atoms with Crippen molar-refractivity contribution in [1.29, 1.82) is 0 Å². The second kappa shape index (κ2) is 8.49. The highest BCUT2D eigenvalue weighted by Crippen LogP contribution is 2.34. The van der Waals surface area contributed by atoms with E-state index in [-0.39, 0.29) is 11.3 Å². The first-order valence-corrected chi connectivity index (χ1v) is 9.64. The lowest BCUT2D eigenvalue weighted by atomic mass is 9.74. The minimum absolute atomic E-state index is 0.00893. The molecule has 1 aromatic heterocycles. The summed E-state index contributed by atoms with van der Waals surface area (Å²) in [5.74, 6) is 1.17. The van der Waals surface area contributed by atoms with Crippen molar-refractivity contribution in [3.05, 3.63) is 41.7 Å². The Hall–Kier alpha value is -1.86. The molecule has 0 aliphatic carbocycles. The molecule has 6 nitrogen and oxygen atoms in total. The van der Waals surface area contributed by atoms with E-state index in [0.29, 0.717) is 17.5 Å². The fourth-order valence-electron chi connectivity index (χ4n) is 3.07. The Labute approximate surface area is 152 Å². The van der Waals surface area contributed by atoms with Crippen LogP contribution in [0.25, 0.3) is 0 Å². The minimum Gasteiger partial charge on any atom is -0.381 e. The van der Waals surface area contributed by atoms with Crippen LogP contribution in [0, 0.1) is 0 Å². The largest absolute Gasteiger partial charge is 0.381 e. The van der Waals surface area contributed by atoms with Crippen LogP contribution in [-0.2, 0) is 21.4 Å². The SMILES string of the molecule is CCc1nc(SCC(=O)NCC2(c3ccccc3)CCOCC2)n[nH]1. The Morgan fingerprint density at radius 2 is 2.08 bits per heavy atom. The van der Waals surface area contributed by atoms with Gasteiger partial charge in [-0.3, -0.25) is 9.89 Å². The number of nitrogens with zero attached hydrogens (tertiary/aromatic N) is 2. The van der Waals surface area contributed by atoms with Gasteiger partial charge >= 0.3 is 0 Å². The molecule has 3 rings (SSSR count). The predicted octanol–water partition coefficient (Wildman–Crippen LogP) is 2.32. The molecule has 0 saturated carbocycles. The number of ether oxygens (including phenoxy) is 1. The summed E-state index contributed by atoms with van der Waals surface area (Å²) in [4.78, 5) is 16.6. The van der Waals surface area contributed by atoms with Crippen LogP contribution >= 0.6 is 11.8 Å². The summed E-state index contributed by atoms with van der Waals surface area (Å²) < 4.78 is 5.53. The fourth-order valence-corrected chi connectivity index (χ4v) is 3.72. The maximum absolute atomic E-state index is 12.3. The van der Waals surface area contributed by atoms with Crippen molar-refractivity contribution >= 4 is 17.7 Å². The van der Waals surface area contributed by atoms with Crippen molar-refractivity contribution in [2.75, 3.05) is 25.5 Å². The number of carbonyl (C=O) groups excluding carboxylic acids is 1. The highest BCUT2D eigenvalue weighted by molar-refractivity contribution is 7.99. The molecule has 2 N–H and O–H groups in total. The lowest BCUT2D eigenvalue weighted by Gasteiger charge is -2.38. The van der Waals surface area contributed by atoms with Crippen molar-refractivity contribution < 1.29 is 9.53 Å². The molecule has 0 bridgehead atoms. The van der Waals surface area contributed by atoms with Crippen molar-refractivity contribution in [3.8, 4) is 0 Å². The van der Waals surface area contributed by atoms with Gasteiger partial charge in [0.25, 0.3) is 0 Å². The minimum atomic E-state index is -0.0419. The molecular weight excluding hydrogens is 336 g/mol. The first kappa shape index (κ1) is 17.9. The summed E-state index contributed by atoms with van der Waals surface area (Å²) in [6.45, 7) is 4.11. The number of aromatic amines is 1. The molecule has 1 amide bonds. The molecule has 0 radical (unpaired) electrons. The molecule has 7 heteroatoms. The molecule has 0 atom stereocenters. The molecule has 1 aliphatic rings. The molecule has 25 heavy (non-hydrogen) atoms. The van der Waals surface area contributed by atoms with Crippen LogP contribution in [0.1, 0.15) is 31.2 Å². The Bertz CT molecular complexity index is 683. The standard InChI is InChI=1S/C18H24N4O2S/c1-2-15-20-17(22-21-15)25-12-16(23)19-13-18(8-10-24-11-9-18)14-6-4-3-5-7-14/h3-7H,2,8-13H2,1H3,(H,19,23)(H,20,21,22). The number of aryl methyl sites for hydroxylation is 1. The number of aromatic nitrogens is 3. The van der Waals surface area contributed by atoms with E-state index in [4.69, 9.17) is 4.74 Å². The van der Waals surface area contributed by atoms with E-state index >= 15 is 0 Å². The van der Waals surface area contributed by atoms with Crippen LogP contribution in [0.3, 0.4) is 0 Å². The van der Waals surface area contributed by atoms with Gasteiger partial charge in [-0.05, 0) is 18.4 Å². The van der Waals surface area contributed by atoms with Gasteiger partial charge in [0, 0.05) is 31.6 Å². The van der Waals surface area contributed by atoms with Gasteiger partial charge in [-0.2, -0.15) is 0 Å². The smallest absolute Gasteiger partial charge is 0.230 e. The molecule has 1 fully saturated rings. The van der Waals surface area contributed by atoms with E-state index in [9.17, 15) is 4.79 Å². The molecule has 2 aromatic rings. The zero-order valence-electron chi connectivity index (χ0n) is 14.5. The first-order valence-electron chi connectivity index (χ1n) is 8.66. The average Bonchev–Trinajstić information content (AvgIpc) is 3.14. The summed E-state index contributed by atoms with van der Waals surface area (Å²) in [5.41, 5.74) is 1.23. The van der Waals surface area contributed by atoms with Crippen molar-refractivity contribution in [2.24, 2.45) is 0 Å². The van der Waals surface area contributed by atoms with Crippen molar-refractivity contribution in [1.82, 2.24) is 20.5 Å². The number of rotatable bonds is 7. The zero-order valence-corrected chi connectivity index (χ0v) is 15.3. The summed E-state index contributed by atoms with van der Waals surface area (Å²) in [6, 6.07) is 10.4. The zero-order chi connectivity index (χ0) is 17.5. The number of thioether (sulfide) groups is 1. The number of hydrogen-bond acceptors (Lipinski definition) is 5. The first-order chi connectivity index (χ1) is 12.2. The summed E-state index contributed by atoms with van der Waals surface area (Å²) >= 11 is 1.36. The van der Waals surface area contributed by atoms with Crippen molar-refractivity contribution in [3.63, 3.8) is 0 Å². The van der Waals surface area contributed by atoms with Gasteiger partial charge in [0.2, 0.25) is 11.1 Å². The van der Waals surface area contributed by atoms with Gasteiger partial charge < -0.3 is 10.1 Å². The van der Waals surface area contributed by atoms with E-state index in [1.165, 1.54) is 17.3 Å². The van der Waals surface area contributed by atoms with E-state index in [2.05, 4.69) is 44.8 Å². The lowest BCUT2D eigenvalue weighted by Crippen LogP contribution is -2.45. The van der Waals surface area contributed by atoms with Crippen molar-refractivity contribution in [2.45, 2.75) is 36.8 Å². The predicted molar refractivity (Wildman–Crippen MR) is 97.7 cm³/mol. The Morgan fingerprint density at radius 3 is 2.76 bits per heavy atom. The van der Waals surface area contributed by atoms with Crippen LogP contribution < -0.4 is 5.32 Å². The lowest BCUT2D eigenvalue weighted by molar-refractivity contribution is -0.119. The molecule has 134 valence electrons. The number of benzene rings is 1. The van der Waals surface area contributed by atoms with E-state index in [1.54, 1.807) is 0 Å². The van der Waals surface area contributed by atoms with Gasteiger partial charge in [-0.25, -0.2) is 4.98 Å². The number of carbonyl (C=O) groups is 1. The number of amides is 1. The van der Waals surface area contributed by atoms with Gasteiger partial charge in [-0.15, -0.1) is 5.10 Å². The maximum atomic E-state index is 12.3. The van der Waals surface area contributed by atoms with Crippen LogP contribution in [0.4, 0.5) is 0 Å². The van der Waals surface area contributed by atoms with E-state index < -0.39 is 0 Å². The Balaban J connectivity index is 1.56. The van der Waals surface area contributed by atoms with E-state index in [0.717, 1.165) is 38.3 Å². The summed E-state index contributed by atoms with van der Waals surface area (Å²) in [7, 11) is 0. The van der Waals surface area contributed by atoms with Gasteiger partial charge in [0.05, 0.1) is 5.75 Å². The second-order valence-corrected chi connectivity index (χ2v) is 7.18.